The normalized spacial score (nSPS) is 15.5. The molecule has 0 unspecified atom stereocenters. The van der Waals surface area contributed by atoms with Crippen molar-refractivity contribution in [2.45, 2.75) is 10.9 Å². The van der Waals surface area contributed by atoms with E-state index in [9.17, 15) is 13.2 Å². The van der Waals surface area contributed by atoms with Gasteiger partial charge in [-0.25, -0.2) is 13.6 Å². The molecule has 0 saturated carbocycles. The number of piperazine rings is 1. The Morgan fingerprint density at radius 1 is 0.848 bits per heavy atom. The molecule has 1 amide bonds. The van der Waals surface area contributed by atoms with Crippen molar-refractivity contribution >= 4 is 21.6 Å². The van der Waals surface area contributed by atoms with E-state index in [1.165, 1.54) is 23.3 Å². The number of carbonyl (C=O) groups excluding carboxylic acids is 1. The fraction of sp³-hybridized carbons (Fsp3) is 0.240. The van der Waals surface area contributed by atoms with Crippen molar-refractivity contribution in [1.29, 1.82) is 0 Å². The van der Waals surface area contributed by atoms with Gasteiger partial charge in [-0.05, 0) is 29.3 Å². The summed E-state index contributed by atoms with van der Waals surface area (Å²) in [6.45, 7) is 3.45. The monoisotopic (exact) mass is 464 g/mol. The second kappa shape index (κ2) is 10.3. The number of nitrogens with zero attached hydrogens (tertiary/aromatic N) is 2. The maximum atomic E-state index is 12.6. The Labute approximate surface area is 194 Å². The van der Waals surface area contributed by atoms with Crippen LogP contribution in [0.3, 0.4) is 0 Å². The van der Waals surface area contributed by atoms with Crippen LogP contribution >= 0.6 is 0 Å². The zero-order valence-corrected chi connectivity index (χ0v) is 19.1. The van der Waals surface area contributed by atoms with Gasteiger partial charge in [0, 0.05) is 31.9 Å². The summed E-state index contributed by atoms with van der Waals surface area (Å²) >= 11 is 0. The average molecular weight is 465 g/mol. The lowest BCUT2D eigenvalue weighted by atomic mass is 9.96. The first-order chi connectivity index (χ1) is 15.9. The number of carbonyl (C=O) groups is 1. The molecule has 7 nitrogen and oxygen atoms in total. The smallest absolute Gasteiger partial charge is 0.238 e. The molecule has 1 aliphatic heterocycles. The van der Waals surface area contributed by atoms with E-state index in [4.69, 9.17) is 5.14 Å². The second-order valence-corrected chi connectivity index (χ2v) is 9.72. The highest BCUT2D eigenvalue weighted by atomic mass is 32.2. The Morgan fingerprint density at radius 2 is 1.42 bits per heavy atom. The van der Waals surface area contributed by atoms with E-state index in [0.717, 1.165) is 26.2 Å². The molecular weight excluding hydrogens is 436 g/mol. The van der Waals surface area contributed by atoms with Crippen LogP contribution in [-0.2, 0) is 14.8 Å². The van der Waals surface area contributed by atoms with Gasteiger partial charge in [0.05, 0.1) is 17.5 Å². The SMILES string of the molecule is NS(=O)(=O)c1cccc(NC(=O)CN2CCN(C(c3ccccc3)c3ccccc3)CC2)c1. The Kier molecular flexibility index (Phi) is 7.20. The largest absolute Gasteiger partial charge is 0.325 e. The summed E-state index contributed by atoms with van der Waals surface area (Å²) in [7, 11) is -3.82. The number of benzene rings is 3. The van der Waals surface area contributed by atoms with Crippen molar-refractivity contribution in [2.24, 2.45) is 5.14 Å². The predicted octanol–water partition coefficient (Wildman–Crippen LogP) is 2.68. The molecule has 3 N–H and O–H groups in total. The minimum Gasteiger partial charge on any atom is -0.325 e. The molecule has 1 fully saturated rings. The summed E-state index contributed by atoms with van der Waals surface area (Å²) in [4.78, 5) is 17.1. The van der Waals surface area contributed by atoms with Crippen molar-refractivity contribution in [2.75, 3.05) is 38.0 Å². The number of rotatable bonds is 7. The van der Waals surface area contributed by atoms with Crippen molar-refractivity contribution in [3.63, 3.8) is 0 Å². The molecule has 1 saturated heterocycles. The van der Waals surface area contributed by atoms with Gasteiger partial charge in [-0.3, -0.25) is 14.6 Å². The highest BCUT2D eigenvalue weighted by Crippen LogP contribution is 2.29. The van der Waals surface area contributed by atoms with Gasteiger partial charge in [0.2, 0.25) is 15.9 Å². The fourth-order valence-electron chi connectivity index (χ4n) is 4.22. The summed E-state index contributed by atoms with van der Waals surface area (Å²) in [5.41, 5.74) is 2.92. The quantitative estimate of drug-likeness (QED) is 0.561. The third kappa shape index (κ3) is 6.06. The van der Waals surface area contributed by atoms with Crippen molar-refractivity contribution in [3.8, 4) is 0 Å². The Hall–Kier alpha value is -3.04. The molecule has 33 heavy (non-hydrogen) atoms. The second-order valence-electron chi connectivity index (χ2n) is 8.16. The lowest BCUT2D eigenvalue weighted by molar-refractivity contribution is -0.117. The third-order valence-corrected chi connectivity index (χ3v) is 6.73. The van der Waals surface area contributed by atoms with Crippen LogP contribution in [0.5, 0.6) is 0 Å². The topological polar surface area (TPSA) is 95.7 Å². The molecule has 0 spiro atoms. The Bertz CT molecular complexity index is 1140. The minimum atomic E-state index is -3.82. The zero-order chi connectivity index (χ0) is 23.3. The predicted molar refractivity (Wildman–Crippen MR) is 129 cm³/mol. The van der Waals surface area contributed by atoms with Gasteiger partial charge in [0.15, 0.2) is 0 Å². The number of anilines is 1. The van der Waals surface area contributed by atoms with Gasteiger partial charge < -0.3 is 5.32 Å². The highest BCUT2D eigenvalue weighted by Gasteiger charge is 2.27. The van der Waals surface area contributed by atoms with Crippen LogP contribution in [0.4, 0.5) is 5.69 Å². The molecule has 8 heteroatoms. The first kappa shape index (κ1) is 23.1. The maximum Gasteiger partial charge on any atom is 0.238 e. The number of sulfonamides is 1. The van der Waals surface area contributed by atoms with Gasteiger partial charge in [-0.15, -0.1) is 0 Å². The molecule has 0 aliphatic carbocycles. The van der Waals surface area contributed by atoms with Gasteiger partial charge >= 0.3 is 0 Å². The van der Waals surface area contributed by atoms with E-state index < -0.39 is 10.0 Å². The lowest BCUT2D eigenvalue weighted by Gasteiger charge is -2.39. The summed E-state index contributed by atoms with van der Waals surface area (Å²) in [6.07, 6.45) is 0. The van der Waals surface area contributed by atoms with E-state index >= 15 is 0 Å². The number of nitrogens with one attached hydrogen (secondary N) is 1. The number of hydrogen-bond acceptors (Lipinski definition) is 5. The summed E-state index contributed by atoms with van der Waals surface area (Å²) < 4.78 is 23.1. The maximum absolute atomic E-state index is 12.6. The Morgan fingerprint density at radius 3 is 1.97 bits per heavy atom. The van der Waals surface area contributed by atoms with Crippen LogP contribution in [0.1, 0.15) is 17.2 Å². The van der Waals surface area contributed by atoms with E-state index in [1.54, 1.807) is 12.1 Å². The van der Waals surface area contributed by atoms with Crippen LogP contribution in [0.25, 0.3) is 0 Å². The number of amides is 1. The van der Waals surface area contributed by atoms with Gasteiger partial charge in [-0.1, -0.05) is 66.7 Å². The van der Waals surface area contributed by atoms with Crippen LogP contribution in [0.2, 0.25) is 0 Å². The lowest BCUT2D eigenvalue weighted by Crippen LogP contribution is -2.49. The first-order valence-electron chi connectivity index (χ1n) is 10.9. The van der Waals surface area contributed by atoms with E-state index in [-0.39, 0.29) is 23.4 Å². The summed E-state index contributed by atoms with van der Waals surface area (Å²) in [5, 5.41) is 7.95. The first-order valence-corrected chi connectivity index (χ1v) is 12.4. The molecule has 0 aromatic heterocycles. The van der Waals surface area contributed by atoms with Crippen LogP contribution in [-0.4, -0.2) is 56.8 Å². The van der Waals surface area contributed by atoms with Crippen LogP contribution in [0.15, 0.2) is 89.8 Å². The molecule has 3 aromatic carbocycles. The number of nitrogens with two attached hydrogens (primary N) is 1. The molecule has 1 aliphatic rings. The minimum absolute atomic E-state index is 0.0261. The molecule has 4 rings (SSSR count). The van der Waals surface area contributed by atoms with Crippen molar-refractivity contribution in [1.82, 2.24) is 9.80 Å². The average Bonchev–Trinajstić information content (AvgIpc) is 2.81. The van der Waals surface area contributed by atoms with Crippen LogP contribution < -0.4 is 10.5 Å². The molecular formula is C25H28N4O3S. The fourth-order valence-corrected chi connectivity index (χ4v) is 4.78. The highest BCUT2D eigenvalue weighted by molar-refractivity contribution is 7.89. The van der Waals surface area contributed by atoms with Crippen LogP contribution in [0, 0.1) is 0 Å². The molecule has 1 heterocycles. The zero-order valence-electron chi connectivity index (χ0n) is 18.3. The van der Waals surface area contributed by atoms with E-state index in [2.05, 4.69) is 63.6 Å². The molecule has 172 valence electrons. The third-order valence-electron chi connectivity index (χ3n) is 5.82. The number of hydrogen-bond donors (Lipinski definition) is 2. The van der Waals surface area contributed by atoms with E-state index in [1.807, 2.05) is 12.1 Å². The molecule has 0 atom stereocenters. The van der Waals surface area contributed by atoms with E-state index in [0.29, 0.717) is 5.69 Å². The van der Waals surface area contributed by atoms with Crippen molar-refractivity contribution < 1.29 is 13.2 Å². The Balaban J connectivity index is 1.37. The van der Waals surface area contributed by atoms with Gasteiger partial charge in [-0.2, -0.15) is 0 Å². The summed E-state index contributed by atoms with van der Waals surface area (Å²) in [5.74, 6) is -0.183. The van der Waals surface area contributed by atoms with Gasteiger partial charge in [0.25, 0.3) is 0 Å². The molecule has 0 radical (unpaired) electrons. The standard InChI is InChI=1S/C25H28N4O3S/c26-33(31,32)23-13-7-12-22(18-23)27-24(30)19-28-14-16-29(17-15-28)25(20-8-3-1-4-9-20)21-10-5-2-6-11-21/h1-13,18,25H,14-17,19H2,(H,27,30)(H2,26,31,32). The molecule has 3 aromatic rings. The van der Waals surface area contributed by atoms with Crippen molar-refractivity contribution in [3.05, 3.63) is 96.1 Å². The number of primary sulfonamides is 1. The van der Waals surface area contributed by atoms with Gasteiger partial charge in [0.1, 0.15) is 0 Å². The molecule has 0 bridgehead atoms. The summed E-state index contributed by atoms with van der Waals surface area (Å²) in [6, 6.07) is 27.1.